The number of halogens is 1. The van der Waals surface area contributed by atoms with Gasteiger partial charge in [-0.1, -0.05) is 6.92 Å². The number of carbonyl (C=O) groups excluding carboxylic acids is 1. The Bertz CT molecular complexity index is 1000. The van der Waals surface area contributed by atoms with Crippen LogP contribution in [-0.4, -0.2) is 69.3 Å². The summed E-state index contributed by atoms with van der Waals surface area (Å²) in [5.41, 5.74) is 5.95. The van der Waals surface area contributed by atoms with E-state index in [4.69, 9.17) is 16.0 Å². The maximum Gasteiger partial charge on any atom is 0.417 e. The van der Waals surface area contributed by atoms with Gasteiger partial charge in [-0.25, -0.2) is 19.3 Å². The molecule has 0 unspecified atom stereocenters. The Hall–Kier alpha value is -2.90. The van der Waals surface area contributed by atoms with Crippen LogP contribution in [0.4, 0.5) is 10.6 Å². The molecule has 3 N–H and O–H groups in total. The van der Waals surface area contributed by atoms with E-state index in [0.717, 1.165) is 23.8 Å². The van der Waals surface area contributed by atoms with E-state index >= 15 is 0 Å². The Labute approximate surface area is 193 Å². The summed E-state index contributed by atoms with van der Waals surface area (Å²) in [7, 11) is 1.92. The van der Waals surface area contributed by atoms with Gasteiger partial charge in [0.2, 0.25) is 5.91 Å². The third-order valence-corrected chi connectivity index (χ3v) is 5.96. The first kappa shape index (κ1) is 25.4. The lowest BCUT2D eigenvalue weighted by molar-refractivity contribution is -0.131. The molecule has 1 aliphatic heterocycles. The van der Waals surface area contributed by atoms with E-state index in [1.54, 1.807) is 11.0 Å². The number of likely N-dealkylation sites (tertiary alicyclic amines) is 1. The Morgan fingerprint density at radius 2 is 2.12 bits per heavy atom. The Balaban J connectivity index is 0.00000363. The lowest BCUT2D eigenvalue weighted by Crippen LogP contribution is -2.52. The van der Waals surface area contributed by atoms with Gasteiger partial charge in [0.25, 0.3) is 0 Å². The van der Waals surface area contributed by atoms with Gasteiger partial charge in [0.15, 0.2) is 5.65 Å². The monoisotopic (exact) mass is 463 g/mol. The van der Waals surface area contributed by atoms with Crippen LogP contribution < -0.4 is 10.6 Å². The minimum absolute atomic E-state index is 0. The Kier molecular flexibility index (Phi) is 8.80. The molecule has 3 heterocycles. The second kappa shape index (κ2) is 11.1. The van der Waals surface area contributed by atoms with E-state index in [2.05, 4.69) is 11.9 Å². The molecule has 2 aromatic heterocycles. The number of nitriles is 1. The number of fused-ring (bicyclic) bond motifs is 1. The summed E-state index contributed by atoms with van der Waals surface area (Å²) < 4.78 is 1.10. The van der Waals surface area contributed by atoms with E-state index in [-0.39, 0.29) is 30.8 Å². The number of nitrogens with two attached hydrogens (primary N) is 1. The van der Waals surface area contributed by atoms with Crippen LogP contribution in [0.15, 0.2) is 12.3 Å². The average molecular weight is 464 g/mol. The summed E-state index contributed by atoms with van der Waals surface area (Å²) >= 11 is 0. The first-order valence-electron chi connectivity index (χ1n) is 10.6. The van der Waals surface area contributed by atoms with Crippen molar-refractivity contribution in [1.29, 1.82) is 5.26 Å². The summed E-state index contributed by atoms with van der Waals surface area (Å²) in [5.74, 6) is 1.35. The third-order valence-electron chi connectivity index (χ3n) is 5.96. The van der Waals surface area contributed by atoms with Gasteiger partial charge < -0.3 is 20.6 Å². The lowest BCUT2D eigenvalue weighted by atomic mass is 9.92. The number of amides is 1. The van der Waals surface area contributed by atoms with Crippen LogP contribution in [0.3, 0.4) is 0 Å². The summed E-state index contributed by atoms with van der Waals surface area (Å²) in [6.07, 6.45) is 3.32. The number of likely N-dealkylation sites (N-methyl/N-ethyl adjacent to an activating group) is 1. The summed E-state index contributed by atoms with van der Waals surface area (Å²) in [5, 5.41) is 19.1. The number of unbranched alkanes of at least 4 members (excludes halogenated alkanes) is 1. The summed E-state index contributed by atoms with van der Waals surface area (Å²) in [6.45, 7) is 3.83. The van der Waals surface area contributed by atoms with Crippen molar-refractivity contribution < 1.29 is 14.7 Å². The molecule has 174 valence electrons. The number of hydrogen-bond acceptors (Lipinski definition) is 7. The van der Waals surface area contributed by atoms with Crippen molar-refractivity contribution in [3.63, 3.8) is 0 Å². The molecule has 0 radical (unpaired) electrons. The molecule has 0 bridgehead atoms. The quantitative estimate of drug-likeness (QED) is 0.595. The molecule has 32 heavy (non-hydrogen) atoms. The van der Waals surface area contributed by atoms with Gasteiger partial charge in [-0.15, -0.1) is 12.4 Å². The maximum atomic E-state index is 12.3. The molecule has 0 aromatic carbocycles. The van der Waals surface area contributed by atoms with E-state index in [1.807, 2.05) is 18.0 Å². The van der Waals surface area contributed by atoms with Crippen LogP contribution in [-0.2, 0) is 11.2 Å². The molecule has 2 atom stereocenters. The average Bonchev–Trinajstić information content (AvgIpc) is 3.17. The largest absolute Gasteiger partial charge is 0.464 e. The number of aromatic nitrogens is 3. The third kappa shape index (κ3) is 5.29. The smallest absolute Gasteiger partial charge is 0.417 e. The summed E-state index contributed by atoms with van der Waals surface area (Å²) in [6, 6.07) is 3.63. The van der Waals surface area contributed by atoms with Gasteiger partial charge in [0.05, 0.1) is 17.5 Å². The zero-order chi connectivity index (χ0) is 22.5. The number of nitrogens with zero attached hydrogens (tertiary/aromatic N) is 6. The highest BCUT2D eigenvalue weighted by atomic mass is 35.5. The van der Waals surface area contributed by atoms with Crippen LogP contribution in [0.2, 0.25) is 0 Å². The van der Waals surface area contributed by atoms with Gasteiger partial charge in [-0.3, -0.25) is 4.79 Å². The standard InChI is InChI=1S/C21H29N7O3.ClH/c1-14-7-11-27(18(29)6-10-23)13-16(14)26(2)19-15-8-12-28(21(30)31)20(15)25-17(24-19)5-3-4-9-22;/h8,12,14,16H,3-7,9,11,13,22H2,1-2H3,(H,30,31);1H/t14-,16+;/m1./s1. The fourth-order valence-corrected chi connectivity index (χ4v) is 4.12. The van der Waals surface area contributed by atoms with Crippen molar-refractivity contribution in [3.05, 3.63) is 18.1 Å². The number of hydrogen-bond donors (Lipinski definition) is 2. The molecule has 3 rings (SSSR count). The zero-order valence-corrected chi connectivity index (χ0v) is 19.2. The van der Waals surface area contributed by atoms with Crippen molar-refractivity contribution in [2.75, 3.05) is 31.6 Å². The molecule has 11 heteroatoms. The first-order valence-corrected chi connectivity index (χ1v) is 10.6. The van der Waals surface area contributed by atoms with Crippen LogP contribution in [0.1, 0.15) is 38.4 Å². The molecule has 1 fully saturated rings. The van der Waals surface area contributed by atoms with Gasteiger partial charge >= 0.3 is 6.09 Å². The normalized spacial score (nSPS) is 18.1. The molecule has 1 aliphatic rings. The van der Waals surface area contributed by atoms with Crippen LogP contribution in [0.25, 0.3) is 11.0 Å². The topological polar surface area (TPSA) is 141 Å². The molecule has 0 aliphatic carbocycles. The van der Waals surface area contributed by atoms with Crippen molar-refractivity contribution in [2.24, 2.45) is 11.7 Å². The predicted octanol–water partition coefficient (Wildman–Crippen LogP) is 2.25. The van der Waals surface area contributed by atoms with Crippen molar-refractivity contribution in [2.45, 2.75) is 45.1 Å². The highest BCUT2D eigenvalue weighted by Gasteiger charge is 2.33. The molecule has 0 saturated carbocycles. The second-order valence-electron chi connectivity index (χ2n) is 8.03. The van der Waals surface area contributed by atoms with Crippen LogP contribution in [0.5, 0.6) is 0 Å². The maximum absolute atomic E-state index is 12.3. The summed E-state index contributed by atoms with van der Waals surface area (Å²) in [4.78, 5) is 37.0. The number of anilines is 1. The van der Waals surface area contributed by atoms with Crippen molar-refractivity contribution in [3.8, 4) is 6.07 Å². The van der Waals surface area contributed by atoms with Crippen molar-refractivity contribution in [1.82, 2.24) is 19.4 Å². The Morgan fingerprint density at radius 1 is 1.38 bits per heavy atom. The highest BCUT2D eigenvalue weighted by molar-refractivity contribution is 5.93. The second-order valence-corrected chi connectivity index (χ2v) is 8.03. The van der Waals surface area contributed by atoms with Crippen LogP contribution in [0, 0.1) is 17.2 Å². The first-order chi connectivity index (χ1) is 14.9. The molecule has 2 aromatic rings. The number of carbonyl (C=O) groups is 2. The van der Waals surface area contributed by atoms with Gasteiger partial charge in [0, 0.05) is 32.8 Å². The van der Waals surface area contributed by atoms with Gasteiger partial charge in [-0.05, 0) is 37.8 Å². The SMILES string of the molecule is C[C@@H]1CCN(C(=O)CC#N)C[C@@H]1N(C)c1nc(CCCCN)nc2c1ccn2C(=O)O.Cl. The van der Waals surface area contributed by atoms with Crippen LogP contribution >= 0.6 is 12.4 Å². The molecule has 10 nitrogen and oxygen atoms in total. The van der Waals surface area contributed by atoms with Crippen molar-refractivity contribution >= 4 is 41.3 Å². The Morgan fingerprint density at radius 3 is 2.78 bits per heavy atom. The molecule has 1 saturated heterocycles. The van der Waals surface area contributed by atoms with E-state index < -0.39 is 6.09 Å². The molecule has 1 amide bonds. The predicted molar refractivity (Wildman–Crippen MR) is 123 cm³/mol. The van der Waals surface area contributed by atoms with Gasteiger partial charge in [0.1, 0.15) is 18.1 Å². The number of piperidine rings is 1. The minimum atomic E-state index is -1.10. The molecular weight excluding hydrogens is 434 g/mol. The minimum Gasteiger partial charge on any atom is -0.464 e. The van der Waals surface area contributed by atoms with Gasteiger partial charge in [-0.2, -0.15) is 5.26 Å². The highest BCUT2D eigenvalue weighted by Crippen LogP contribution is 2.30. The number of carboxylic acid groups (broad SMARTS) is 1. The fraction of sp³-hybridized carbons (Fsp3) is 0.571. The molecule has 0 spiro atoms. The van der Waals surface area contributed by atoms with E-state index in [0.29, 0.717) is 54.6 Å². The molecular formula is C21H30ClN7O3. The van der Waals surface area contributed by atoms with E-state index in [9.17, 15) is 14.7 Å². The number of rotatable bonds is 7. The zero-order valence-electron chi connectivity index (χ0n) is 18.4. The fourth-order valence-electron chi connectivity index (χ4n) is 4.12. The van der Waals surface area contributed by atoms with E-state index in [1.165, 1.54) is 6.20 Å². The lowest BCUT2D eigenvalue weighted by Gasteiger charge is -2.42. The number of aryl methyl sites for hydroxylation is 1.